The van der Waals surface area contributed by atoms with Crippen molar-refractivity contribution >= 4 is 5.57 Å². The molecule has 1 aliphatic rings. The molecule has 1 atom stereocenters. The maximum absolute atomic E-state index is 4.78. The molecule has 0 bridgehead atoms. The van der Waals surface area contributed by atoms with Gasteiger partial charge in [-0.25, -0.2) is 0 Å². The molecule has 0 aromatic carbocycles. The molecule has 2 rings (SSSR count). The van der Waals surface area contributed by atoms with E-state index in [4.69, 9.17) is 4.98 Å². The van der Waals surface area contributed by atoms with Crippen molar-refractivity contribution in [3.8, 4) is 0 Å². The highest BCUT2D eigenvalue weighted by Crippen LogP contribution is 2.32. The van der Waals surface area contributed by atoms with Gasteiger partial charge in [-0.1, -0.05) is 25.5 Å². The van der Waals surface area contributed by atoms with Crippen LogP contribution in [0.15, 0.2) is 12.1 Å². The summed E-state index contributed by atoms with van der Waals surface area (Å²) in [6, 6.07) is 2.27. The topological polar surface area (TPSA) is 12.9 Å². The molecular formula is C16H23N. The largest absolute Gasteiger partial charge is 0.253 e. The second kappa shape index (κ2) is 5.03. The van der Waals surface area contributed by atoms with E-state index in [0.717, 1.165) is 5.92 Å². The number of hydrogen-bond donors (Lipinski definition) is 0. The molecule has 92 valence electrons. The summed E-state index contributed by atoms with van der Waals surface area (Å²) < 4.78 is 0. The minimum Gasteiger partial charge on any atom is -0.253 e. The Hall–Kier alpha value is -1.11. The summed E-state index contributed by atoms with van der Waals surface area (Å²) in [4.78, 5) is 4.78. The van der Waals surface area contributed by atoms with Gasteiger partial charge in [0.2, 0.25) is 0 Å². The van der Waals surface area contributed by atoms with E-state index in [1.165, 1.54) is 53.8 Å². The van der Waals surface area contributed by atoms with Crippen molar-refractivity contribution in [2.75, 3.05) is 0 Å². The van der Waals surface area contributed by atoms with Crippen molar-refractivity contribution < 1.29 is 0 Å². The van der Waals surface area contributed by atoms with Gasteiger partial charge < -0.3 is 0 Å². The van der Waals surface area contributed by atoms with E-state index in [-0.39, 0.29) is 0 Å². The van der Waals surface area contributed by atoms with Gasteiger partial charge in [-0.15, -0.1) is 0 Å². The lowest BCUT2D eigenvalue weighted by Gasteiger charge is -2.21. The molecule has 0 aliphatic heterocycles. The van der Waals surface area contributed by atoms with Gasteiger partial charge in [0.15, 0.2) is 0 Å². The van der Waals surface area contributed by atoms with Crippen LogP contribution in [0.3, 0.4) is 0 Å². The molecule has 0 amide bonds. The molecule has 1 aromatic rings. The van der Waals surface area contributed by atoms with Crippen molar-refractivity contribution in [3.05, 3.63) is 34.7 Å². The molecule has 0 spiro atoms. The Morgan fingerprint density at radius 3 is 2.59 bits per heavy atom. The maximum atomic E-state index is 4.78. The van der Waals surface area contributed by atoms with Gasteiger partial charge in [0.25, 0.3) is 0 Å². The zero-order valence-corrected chi connectivity index (χ0v) is 11.5. The highest BCUT2D eigenvalue weighted by Gasteiger charge is 2.16. The second-order valence-electron chi connectivity index (χ2n) is 5.33. The van der Waals surface area contributed by atoms with E-state index >= 15 is 0 Å². The lowest BCUT2D eigenvalue weighted by molar-refractivity contribution is 0.470. The zero-order valence-electron chi connectivity index (χ0n) is 11.5. The number of pyridine rings is 1. The Labute approximate surface area is 105 Å². The number of aryl methyl sites for hydroxylation is 3. The Kier molecular flexibility index (Phi) is 3.66. The van der Waals surface area contributed by atoms with Crippen LogP contribution in [-0.2, 0) is 0 Å². The highest BCUT2D eigenvalue weighted by molar-refractivity contribution is 5.66. The Morgan fingerprint density at radius 1 is 1.24 bits per heavy atom. The maximum Gasteiger partial charge on any atom is 0.0690 e. The molecular weight excluding hydrogens is 206 g/mol. The Balaban J connectivity index is 2.29. The van der Waals surface area contributed by atoms with Gasteiger partial charge in [0.05, 0.1) is 5.69 Å². The summed E-state index contributed by atoms with van der Waals surface area (Å²) in [5.41, 5.74) is 6.51. The van der Waals surface area contributed by atoms with Crippen LogP contribution in [-0.4, -0.2) is 4.98 Å². The van der Waals surface area contributed by atoms with Crippen LogP contribution in [0.25, 0.3) is 5.57 Å². The quantitative estimate of drug-likeness (QED) is 0.722. The Bertz CT molecular complexity index is 443. The van der Waals surface area contributed by atoms with Crippen molar-refractivity contribution in [2.45, 2.75) is 53.4 Å². The van der Waals surface area contributed by atoms with E-state index in [0.29, 0.717) is 0 Å². The third-order valence-electron chi connectivity index (χ3n) is 4.06. The van der Waals surface area contributed by atoms with Gasteiger partial charge >= 0.3 is 0 Å². The van der Waals surface area contributed by atoms with E-state index in [2.05, 4.69) is 39.8 Å². The number of rotatable bonds is 2. The van der Waals surface area contributed by atoms with E-state index in [9.17, 15) is 0 Å². The van der Waals surface area contributed by atoms with E-state index in [1.807, 2.05) is 0 Å². The van der Waals surface area contributed by atoms with Gasteiger partial charge in [0.1, 0.15) is 0 Å². The lowest BCUT2D eigenvalue weighted by atomic mass is 9.86. The first-order valence-electron chi connectivity index (χ1n) is 6.76. The smallest absolute Gasteiger partial charge is 0.0690 e. The zero-order chi connectivity index (χ0) is 12.4. The number of aromatic nitrogens is 1. The van der Waals surface area contributed by atoms with Crippen LogP contribution in [0.5, 0.6) is 0 Å². The summed E-state index contributed by atoms with van der Waals surface area (Å²) in [6.45, 7) is 8.72. The molecule has 0 saturated carbocycles. The minimum atomic E-state index is 0.894. The van der Waals surface area contributed by atoms with Gasteiger partial charge in [-0.3, -0.25) is 4.98 Å². The molecule has 0 saturated heterocycles. The van der Waals surface area contributed by atoms with Crippen molar-refractivity contribution in [2.24, 2.45) is 5.92 Å². The fourth-order valence-corrected chi connectivity index (χ4v) is 2.64. The second-order valence-corrected chi connectivity index (χ2v) is 5.33. The summed E-state index contributed by atoms with van der Waals surface area (Å²) in [6.07, 6.45) is 7.50. The first-order valence-corrected chi connectivity index (χ1v) is 6.76. The average molecular weight is 229 g/mol. The van der Waals surface area contributed by atoms with Crippen LogP contribution >= 0.6 is 0 Å². The van der Waals surface area contributed by atoms with Crippen LogP contribution in [0.2, 0.25) is 0 Å². The third kappa shape index (κ3) is 2.59. The lowest BCUT2D eigenvalue weighted by Crippen LogP contribution is -2.06. The molecule has 0 fully saturated rings. The number of nitrogens with zero attached hydrogens (tertiary/aromatic N) is 1. The molecule has 1 heterocycles. The first-order chi connectivity index (χ1) is 8.11. The highest BCUT2D eigenvalue weighted by atomic mass is 14.7. The summed E-state index contributed by atoms with van der Waals surface area (Å²) in [5.74, 6) is 0.894. The van der Waals surface area contributed by atoms with Gasteiger partial charge in [-0.05, 0) is 62.7 Å². The molecule has 1 nitrogen and oxygen atoms in total. The fraction of sp³-hybridized carbons (Fsp3) is 0.562. The van der Waals surface area contributed by atoms with E-state index < -0.39 is 0 Å². The summed E-state index contributed by atoms with van der Waals surface area (Å²) >= 11 is 0. The molecule has 0 radical (unpaired) electrons. The monoisotopic (exact) mass is 229 g/mol. The van der Waals surface area contributed by atoms with Crippen LogP contribution < -0.4 is 0 Å². The van der Waals surface area contributed by atoms with Crippen LogP contribution in [0.4, 0.5) is 0 Å². The Morgan fingerprint density at radius 2 is 2.00 bits per heavy atom. The predicted octanol–water partition coefficient (Wildman–Crippen LogP) is 4.60. The molecule has 17 heavy (non-hydrogen) atoms. The SMILES string of the molecule is CCC1CC=C(c2nc(C)c(C)cc2C)CC1. The minimum absolute atomic E-state index is 0.894. The molecule has 0 N–H and O–H groups in total. The van der Waals surface area contributed by atoms with Crippen LogP contribution in [0, 0.1) is 26.7 Å². The van der Waals surface area contributed by atoms with Crippen molar-refractivity contribution in [1.29, 1.82) is 0 Å². The summed E-state index contributed by atoms with van der Waals surface area (Å²) in [5, 5.41) is 0. The predicted molar refractivity (Wildman–Crippen MR) is 74.1 cm³/mol. The molecule has 1 heteroatoms. The van der Waals surface area contributed by atoms with E-state index in [1.54, 1.807) is 0 Å². The van der Waals surface area contributed by atoms with Crippen molar-refractivity contribution in [1.82, 2.24) is 4.98 Å². The third-order valence-corrected chi connectivity index (χ3v) is 4.06. The molecule has 1 unspecified atom stereocenters. The molecule has 1 aromatic heterocycles. The van der Waals surface area contributed by atoms with Crippen molar-refractivity contribution in [3.63, 3.8) is 0 Å². The standard InChI is InChI=1S/C16H23N/c1-5-14-6-8-15(9-7-14)16-12(3)10-11(2)13(4)17-16/h8,10,14H,5-7,9H2,1-4H3. The number of hydrogen-bond acceptors (Lipinski definition) is 1. The molecule has 1 aliphatic carbocycles. The van der Waals surface area contributed by atoms with Crippen LogP contribution in [0.1, 0.15) is 55.1 Å². The normalized spacial score (nSPS) is 20.2. The first kappa shape index (κ1) is 12.3. The average Bonchev–Trinajstić information content (AvgIpc) is 2.34. The fourth-order valence-electron chi connectivity index (χ4n) is 2.64. The van der Waals surface area contributed by atoms with Gasteiger partial charge in [-0.2, -0.15) is 0 Å². The number of allylic oxidation sites excluding steroid dienone is 2. The van der Waals surface area contributed by atoms with Gasteiger partial charge in [0, 0.05) is 5.69 Å². The summed E-state index contributed by atoms with van der Waals surface area (Å²) in [7, 11) is 0.